The van der Waals surface area contributed by atoms with Crippen LogP contribution in [0.4, 0.5) is 5.82 Å². The molecule has 7 nitrogen and oxygen atoms in total. The number of nitrogens with one attached hydrogen (secondary N) is 1. The van der Waals surface area contributed by atoms with E-state index in [9.17, 15) is 9.59 Å². The number of halogens is 2. The molecule has 0 aliphatic rings. The number of hydrogen-bond acceptors (Lipinski definition) is 6. The lowest BCUT2D eigenvalue weighted by Crippen LogP contribution is -2.22. The third-order valence-corrected chi connectivity index (χ3v) is 3.99. The summed E-state index contributed by atoms with van der Waals surface area (Å²) in [4.78, 5) is 28.3. The lowest BCUT2D eigenvalue weighted by molar-refractivity contribution is -0.119. The van der Waals surface area contributed by atoms with Crippen LogP contribution in [-0.2, 0) is 9.53 Å². The molecule has 0 bridgehead atoms. The quantitative estimate of drug-likeness (QED) is 0.749. The van der Waals surface area contributed by atoms with Gasteiger partial charge >= 0.3 is 5.97 Å². The maximum Gasteiger partial charge on any atom is 0.342 e. The molecule has 0 spiro atoms. The van der Waals surface area contributed by atoms with Gasteiger partial charge in [0.1, 0.15) is 5.56 Å². The number of carbonyl (C=O) groups excluding carboxylic acids is 2. The molecule has 2 aromatic rings. The molecule has 138 valence electrons. The van der Waals surface area contributed by atoms with Crippen molar-refractivity contribution >= 4 is 40.9 Å². The highest BCUT2D eigenvalue weighted by Gasteiger charge is 2.19. The van der Waals surface area contributed by atoms with E-state index >= 15 is 0 Å². The Morgan fingerprint density at radius 2 is 1.88 bits per heavy atom. The summed E-state index contributed by atoms with van der Waals surface area (Å²) in [7, 11) is 2.85. The maximum atomic E-state index is 12.2. The number of anilines is 1. The molecule has 0 aliphatic heterocycles. The minimum absolute atomic E-state index is 0.133. The summed E-state index contributed by atoms with van der Waals surface area (Å²) in [5.41, 5.74) is 0.641. The second kappa shape index (κ2) is 8.73. The van der Waals surface area contributed by atoms with Crippen molar-refractivity contribution in [3.8, 4) is 11.5 Å². The van der Waals surface area contributed by atoms with Crippen molar-refractivity contribution in [2.75, 3.05) is 26.1 Å². The predicted molar refractivity (Wildman–Crippen MR) is 97.5 cm³/mol. The predicted octanol–water partition coefficient (Wildman–Crippen LogP) is 3.51. The van der Waals surface area contributed by atoms with Gasteiger partial charge in [0.15, 0.2) is 23.9 Å². The maximum absolute atomic E-state index is 12.2. The van der Waals surface area contributed by atoms with Crippen LogP contribution in [0.15, 0.2) is 24.3 Å². The molecule has 0 aliphatic carbocycles. The van der Waals surface area contributed by atoms with Gasteiger partial charge in [-0.1, -0.05) is 29.3 Å². The molecule has 0 saturated carbocycles. The van der Waals surface area contributed by atoms with Crippen LogP contribution >= 0.6 is 23.2 Å². The van der Waals surface area contributed by atoms with Gasteiger partial charge in [0.25, 0.3) is 5.91 Å². The molecule has 0 atom stereocenters. The second-order valence-electron chi connectivity index (χ2n) is 5.05. The van der Waals surface area contributed by atoms with Gasteiger partial charge in [0, 0.05) is 0 Å². The Labute approximate surface area is 160 Å². The summed E-state index contributed by atoms with van der Waals surface area (Å²) < 4.78 is 15.3. The van der Waals surface area contributed by atoms with Crippen molar-refractivity contribution in [1.82, 2.24) is 4.98 Å². The van der Waals surface area contributed by atoms with Gasteiger partial charge in [0.05, 0.1) is 30.0 Å². The van der Waals surface area contributed by atoms with Crippen LogP contribution in [0, 0.1) is 6.92 Å². The van der Waals surface area contributed by atoms with Crippen LogP contribution in [-0.4, -0.2) is 37.7 Å². The van der Waals surface area contributed by atoms with Crippen LogP contribution < -0.4 is 14.8 Å². The van der Waals surface area contributed by atoms with Gasteiger partial charge < -0.3 is 19.5 Å². The third kappa shape index (κ3) is 4.56. The number of carbonyl (C=O) groups is 2. The SMILES string of the molecule is COc1cccc(C(=O)OCC(=O)Nc2nc(C)c(Cl)cc2Cl)c1OC. The molecule has 1 amide bonds. The number of esters is 1. The lowest BCUT2D eigenvalue weighted by atomic mass is 10.2. The summed E-state index contributed by atoms with van der Waals surface area (Å²) in [6.07, 6.45) is 0. The molecule has 1 N–H and O–H groups in total. The molecule has 2 rings (SSSR count). The van der Waals surface area contributed by atoms with E-state index in [1.54, 1.807) is 19.1 Å². The Balaban J connectivity index is 2.04. The highest BCUT2D eigenvalue weighted by Crippen LogP contribution is 2.31. The lowest BCUT2D eigenvalue weighted by Gasteiger charge is -2.12. The summed E-state index contributed by atoms with van der Waals surface area (Å²) >= 11 is 11.9. The third-order valence-electron chi connectivity index (χ3n) is 3.32. The van der Waals surface area contributed by atoms with E-state index in [2.05, 4.69) is 10.3 Å². The first kappa shape index (κ1) is 19.8. The molecule has 0 radical (unpaired) electrons. The smallest absolute Gasteiger partial charge is 0.342 e. The molecule has 9 heteroatoms. The summed E-state index contributed by atoms with van der Waals surface area (Å²) in [5, 5.41) is 3.02. The second-order valence-corrected chi connectivity index (χ2v) is 5.87. The minimum atomic E-state index is -0.734. The fourth-order valence-electron chi connectivity index (χ4n) is 2.07. The molecular formula is C17H16Cl2N2O5. The number of methoxy groups -OCH3 is 2. The topological polar surface area (TPSA) is 86.8 Å². The van der Waals surface area contributed by atoms with Crippen molar-refractivity contribution in [3.63, 3.8) is 0 Å². The van der Waals surface area contributed by atoms with E-state index < -0.39 is 18.5 Å². The number of aryl methyl sites for hydroxylation is 1. The molecule has 26 heavy (non-hydrogen) atoms. The standard InChI is InChI=1S/C17H16Cl2N2O5/c1-9-11(18)7-12(19)16(20-9)21-14(22)8-26-17(23)10-5-4-6-13(24-2)15(10)25-3/h4-7H,8H2,1-3H3,(H,20,21,22). The monoisotopic (exact) mass is 398 g/mol. The molecule has 0 fully saturated rings. The zero-order valence-corrected chi connectivity index (χ0v) is 15.8. The largest absolute Gasteiger partial charge is 0.493 e. The van der Waals surface area contributed by atoms with E-state index in [1.165, 1.54) is 26.4 Å². The number of benzene rings is 1. The zero-order chi connectivity index (χ0) is 19.3. The zero-order valence-electron chi connectivity index (χ0n) is 14.3. The fourth-order valence-corrected chi connectivity index (χ4v) is 2.48. The number of para-hydroxylation sites is 1. The Morgan fingerprint density at radius 3 is 2.54 bits per heavy atom. The Kier molecular flexibility index (Phi) is 6.65. The van der Waals surface area contributed by atoms with E-state index in [1.807, 2.05) is 0 Å². The van der Waals surface area contributed by atoms with Crippen LogP contribution in [0.25, 0.3) is 0 Å². The van der Waals surface area contributed by atoms with Crippen LogP contribution in [0.5, 0.6) is 11.5 Å². The molecule has 1 heterocycles. The summed E-state index contributed by atoms with van der Waals surface area (Å²) in [6, 6.07) is 6.22. The van der Waals surface area contributed by atoms with Crippen molar-refractivity contribution < 1.29 is 23.8 Å². The van der Waals surface area contributed by atoms with E-state index in [0.29, 0.717) is 16.5 Å². The highest BCUT2D eigenvalue weighted by atomic mass is 35.5. The van der Waals surface area contributed by atoms with Gasteiger partial charge in [-0.25, -0.2) is 9.78 Å². The van der Waals surface area contributed by atoms with Crippen LogP contribution in [0.3, 0.4) is 0 Å². The van der Waals surface area contributed by atoms with Gasteiger partial charge in [-0.3, -0.25) is 4.79 Å². The Morgan fingerprint density at radius 1 is 1.15 bits per heavy atom. The molecule has 0 saturated heterocycles. The van der Waals surface area contributed by atoms with Crippen molar-refractivity contribution in [2.24, 2.45) is 0 Å². The van der Waals surface area contributed by atoms with Crippen LogP contribution in [0.1, 0.15) is 16.1 Å². The molecular weight excluding hydrogens is 383 g/mol. The molecule has 1 aromatic heterocycles. The molecule has 0 unspecified atom stereocenters. The first-order chi connectivity index (χ1) is 12.4. The van der Waals surface area contributed by atoms with Crippen molar-refractivity contribution in [2.45, 2.75) is 6.92 Å². The number of rotatable bonds is 6. The Hall–Kier alpha value is -2.51. The Bertz CT molecular complexity index is 842. The van der Waals surface area contributed by atoms with Crippen molar-refractivity contribution in [3.05, 3.63) is 45.6 Å². The number of ether oxygens (including phenoxy) is 3. The first-order valence-electron chi connectivity index (χ1n) is 7.38. The molecule has 1 aromatic carbocycles. The number of aromatic nitrogens is 1. The number of nitrogens with zero attached hydrogens (tertiary/aromatic N) is 1. The number of amides is 1. The van der Waals surface area contributed by atoms with Gasteiger partial charge in [-0.05, 0) is 25.1 Å². The first-order valence-corrected chi connectivity index (χ1v) is 8.13. The normalized spacial score (nSPS) is 10.2. The van der Waals surface area contributed by atoms with Crippen LogP contribution in [0.2, 0.25) is 10.0 Å². The van der Waals surface area contributed by atoms with E-state index in [-0.39, 0.29) is 22.2 Å². The highest BCUT2D eigenvalue weighted by molar-refractivity contribution is 6.36. The van der Waals surface area contributed by atoms with Gasteiger partial charge in [-0.15, -0.1) is 0 Å². The average molecular weight is 399 g/mol. The summed E-state index contributed by atoms with van der Waals surface area (Å²) in [6.45, 7) is 1.14. The van der Waals surface area contributed by atoms with Gasteiger partial charge in [0.2, 0.25) is 0 Å². The van der Waals surface area contributed by atoms with E-state index in [4.69, 9.17) is 37.4 Å². The van der Waals surface area contributed by atoms with E-state index in [0.717, 1.165) is 0 Å². The van der Waals surface area contributed by atoms with Crippen molar-refractivity contribution in [1.29, 1.82) is 0 Å². The minimum Gasteiger partial charge on any atom is -0.493 e. The number of hydrogen-bond donors (Lipinski definition) is 1. The fraction of sp³-hybridized carbons (Fsp3) is 0.235. The number of pyridine rings is 1. The van der Waals surface area contributed by atoms with Gasteiger partial charge in [-0.2, -0.15) is 0 Å². The summed E-state index contributed by atoms with van der Waals surface area (Å²) in [5.74, 6) is -0.607. The average Bonchev–Trinajstić information content (AvgIpc) is 2.63.